The lowest BCUT2D eigenvalue weighted by molar-refractivity contribution is 0.890. The van der Waals surface area contributed by atoms with Crippen LogP contribution in [0.2, 0.25) is 0 Å². The summed E-state index contributed by atoms with van der Waals surface area (Å²) in [7, 11) is 0. The quantitative estimate of drug-likeness (QED) is 0.168. The second-order valence-corrected chi connectivity index (χ2v) is 15.9. The van der Waals surface area contributed by atoms with Gasteiger partial charge in [-0.25, -0.2) is 9.67 Å². The van der Waals surface area contributed by atoms with Gasteiger partial charge in [0.05, 0.1) is 38.8 Å². The third kappa shape index (κ3) is 5.10. The average Bonchev–Trinajstić information content (AvgIpc) is 4.11. The summed E-state index contributed by atoms with van der Waals surface area (Å²) in [5.74, 6) is 1.47. The van der Waals surface area contributed by atoms with Crippen molar-refractivity contribution in [2.45, 2.75) is 0 Å². The molecule has 0 saturated heterocycles. The van der Waals surface area contributed by atoms with Crippen molar-refractivity contribution >= 4 is 65.4 Å². The maximum Gasteiger partial charge on any atom is 0.182 e. The molecule has 0 N–H and O–H groups in total. The van der Waals surface area contributed by atoms with Gasteiger partial charge in [-0.3, -0.25) is 0 Å². The number of nitrogens with zero attached hydrogens (tertiary/aromatic N) is 6. The fraction of sp³-hybridized carbons (Fsp3) is 0. The first kappa shape index (κ1) is 34.4. The standard InChI is InChI=1S/C56H36N6/c1-4-17-37(18-5-1)55-57-56(62(58-55)40-21-8-3-9-22-40)38-31-32-45-43-25-10-13-28-48(43)60(52(45)35-38)42-24-16-23-41(36-42)59-50-30-15-12-27-47(50)53-51(59)34-33-46-44-26-11-14-29-49(44)61(54(46)53)39-19-6-2-7-20-39/h1-36H. The molecule has 0 unspecified atom stereocenters. The molecule has 4 aromatic heterocycles. The van der Waals surface area contributed by atoms with E-state index in [4.69, 9.17) is 10.1 Å². The molecule has 0 aliphatic heterocycles. The lowest BCUT2D eigenvalue weighted by Crippen LogP contribution is -2.00. The molecule has 0 atom stereocenters. The summed E-state index contributed by atoms with van der Waals surface area (Å²) in [5, 5.41) is 12.4. The first-order valence-electron chi connectivity index (χ1n) is 21.0. The van der Waals surface area contributed by atoms with E-state index < -0.39 is 0 Å². The monoisotopic (exact) mass is 792 g/mol. The van der Waals surface area contributed by atoms with E-state index >= 15 is 0 Å². The molecule has 4 heterocycles. The van der Waals surface area contributed by atoms with Crippen molar-refractivity contribution in [3.05, 3.63) is 218 Å². The molecule has 6 nitrogen and oxygen atoms in total. The van der Waals surface area contributed by atoms with Gasteiger partial charge in [-0.1, -0.05) is 146 Å². The normalized spacial score (nSPS) is 11.9. The highest BCUT2D eigenvalue weighted by Gasteiger charge is 2.22. The molecule has 0 bridgehead atoms. The van der Waals surface area contributed by atoms with Crippen molar-refractivity contribution in [1.29, 1.82) is 0 Å². The molecule has 0 spiro atoms. The largest absolute Gasteiger partial charge is 0.309 e. The van der Waals surface area contributed by atoms with Gasteiger partial charge in [-0.15, -0.1) is 5.10 Å². The second-order valence-electron chi connectivity index (χ2n) is 15.9. The number of para-hydroxylation sites is 5. The Morgan fingerprint density at radius 2 is 0.823 bits per heavy atom. The number of benzene rings is 9. The van der Waals surface area contributed by atoms with Gasteiger partial charge in [0.15, 0.2) is 11.6 Å². The zero-order chi connectivity index (χ0) is 40.7. The number of aromatic nitrogens is 6. The fourth-order valence-electron chi connectivity index (χ4n) is 9.75. The first-order valence-corrected chi connectivity index (χ1v) is 21.0. The van der Waals surface area contributed by atoms with Crippen molar-refractivity contribution in [3.63, 3.8) is 0 Å². The minimum Gasteiger partial charge on any atom is -0.309 e. The van der Waals surface area contributed by atoms with Crippen molar-refractivity contribution in [1.82, 2.24) is 28.5 Å². The Balaban J connectivity index is 1.04. The van der Waals surface area contributed by atoms with Crippen LogP contribution in [-0.4, -0.2) is 28.5 Å². The van der Waals surface area contributed by atoms with E-state index in [0.717, 1.165) is 61.8 Å². The van der Waals surface area contributed by atoms with Crippen LogP contribution in [0.15, 0.2) is 218 Å². The number of hydrogen-bond acceptors (Lipinski definition) is 2. The van der Waals surface area contributed by atoms with Crippen LogP contribution in [0.4, 0.5) is 0 Å². The number of rotatable bonds is 6. The highest BCUT2D eigenvalue weighted by atomic mass is 15.4. The van der Waals surface area contributed by atoms with Gasteiger partial charge in [-0.05, 0) is 72.8 Å². The summed E-state index contributed by atoms with van der Waals surface area (Å²) < 4.78 is 9.25. The van der Waals surface area contributed by atoms with Crippen LogP contribution in [-0.2, 0) is 0 Å². The summed E-state index contributed by atoms with van der Waals surface area (Å²) in [6, 6.07) is 77.8. The molecule has 6 heteroatoms. The van der Waals surface area contributed by atoms with Gasteiger partial charge in [0.1, 0.15) is 0 Å². The second kappa shape index (κ2) is 13.5. The third-order valence-corrected chi connectivity index (χ3v) is 12.4. The molecule has 0 radical (unpaired) electrons. The molecule has 62 heavy (non-hydrogen) atoms. The summed E-state index contributed by atoms with van der Waals surface area (Å²) in [5.41, 5.74) is 13.2. The Labute approximate surface area is 356 Å². The highest BCUT2D eigenvalue weighted by Crippen LogP contribution is 2.43. The summed E-state index contributed by atoms with van der Waals surface area (Å²) in [4.78, 5) is 5.19. The van der Waals surface area contributed by atoms with Crippen LogP contribution < -0.4 is 0 Å². The van der Waals surface area contributed by atoms with Crippen LogP contribution in [0.25, 0.3) is 111 Å². The summed E-state index contributed by atoms with van der Waals surface area (Å²) in [6.07, 6.45) is 0. The van der Waals surface area contributed by atoms with Crippen LogP contribution in [0.3, 0.4) is 0 Å². The molecule has 0 amide bonds. The van der Waals surface area contributed by atoms with E-state index in [0.29, 0.717) is 5.82 Å². The van der Waals surface area contributed by atoms with Crippen molar-refractivity contribution in [2.75, 3.05) is 0 Å². The van der Waals surface area contributed by atoms with E-state index in [1.54, 1.807) is 0 Å². The average molecular weight is 793 g/mol. The van der Waals surface area contributed by atoms with Gasteiger partial charge in [0, 0.05) is 60.5 Å². The minimum atomic E-state index is 0.686. The van der Waals surface area contributed by atoms with Gasteiger partial charge in [0.25, 0.3) is 0 Å². The molecule has 0 aliphatic carbocycles. The van der Waals surface area contributed by atoms with Crippen LogP contribution in [0.1, 0.15) is 0 Å². The zero-order valence-corrected chi connectivity index (χ0v) is 33.5. The summed E-state index contributed by atoms with van der Waals surface area (Å²) in [6.45, 7) is 0. The fourth-order valence-corrected chi connectivity index (χ4v) is 9.75. The lowest BCUT2D eigenvalue weighted by Gasteiger charge is -2.13. The van der Waals surface area contributed by atoms with E-state index in [1.807, 2.05) is 41.1 Å². The first-order chi connectivity index (χ1) is 30.8. The Bertz CT molecular complexity index is 3850. The zero-order valence-electron chi connectivity index (χ0n) is 33.5. The van der Waals surface area contributed by atoms with Crippen molar-refractivity contribution in [2.24, 2.45) is 0 Å². The van der Waals surface area contributed by atoms with Crippen LogP contribution in [0, 0.1) is 0 Å². The maximum atomic E-state index is 5.19. The van der Waals surface area contributed by atoms with Crippen molar-refractivity contribution in [3.8, 4) is 45.5 Å². The van der Waals surface area contributed by atoms with Gasteiger partial charge in [-0.2, -0.15) is 0 Å². The highest BCUT2D eigenvalue weighted by molar-refractivity contribution is 6.26. The SMILES string of the molecule is c1ccc(-c2nc(-c3ccc4c5ccccc5n(-c5cccc(-n6c7ccccc7c7c6ccc6c8ccccc8n(-c8ccccc8)c67)c5)c4c3)n(-c3ccccc3)n2)cc1. The van der Waals surface area contributed by atoms with E-state index in [-0.39, 0.29) is 0 Å². The van der Waals surface area contributed by atoms with E-state index in [2.05, 4.69) is 196 Å². The molecule has 0 aliphatic rings. The smallest absolute Gasteiger partial charge is 0.182 e. The number of fused-ring (bicyclic) bond motifs is 10. The molecular weight excluding hydrogens is 757 g/mol. The molecule has 290 valence electrons. The number of hydrogen-bond donors (Lipinski definition) is 0. The minimum absolute atomic E-state index is 0.686. The third-order valence-electron chi connectivity index (χ3n) is 12.4. The van der Waals surface area contributed by atoms with E-state index in [9.17, 15) is 0 Å². The van der Waals surface area contributed by atoms with Crippen LogP contribution >= 0.6 is 0 Å². The van der Waals surface area contributed by atoms with Crippen molar-refractivity contribution < 1.29 is 0 Å². The Kier molecular flexibility index (Phi) is 7.50. The molecule has 13 aromatic rings. The Hall–Kier alpha value is -8.48. The predicted molar refractivity (Wildman–Crippen MR) is 255 cm³/mol. The molecule has 13 rings (SSSR count). The van der Waals surface area contributed by atoms with E-state index in [1.165, 1.54) is 43.4 Å². The van der Waals surface area contributed by atoms with Crippen LogP contribution in [0.5, 0.6) is 0 Å². The van der Waals surface area contributed by atoms with Gasteiger partial charge < -0.3 is 13.7 Å². The molecule has 0 saturated carbocycles. The molecular formula is C56H36N6. The van der Waals surface area contributed by atoms with Gasteiger partial charge >= 0.3 is 0 Å². The van der Waals surface area contributed by atoms with Gasteiger partial charge in [0.2, 0.25) is 0 Å². The molecule has 0 fully saturated rings. The topological polar surface area (TPSA) is 45.5 Å². The summed E-state index contributed by atoms with van der Waals surface area (Å²) >= 11 is 0. The molecule has 9 aromatic carbocycles. The maximum absolute atomic E-state index is 5.19. The predicted octanol–water partition coefficient (Wildman–Crippen LogP) is 13.9. The Morgan fingerprint density at radius 1 is 0.306 bits per heavy atom. The lowest BCUT2D eigenvalue weighted by atomic mass is 10.1. The Morgan fingerprint density at radius 3 is 1.53 bits per heavy atom.